The predicted octanol–water partition coefficient (Wildman–Crippen LogP) is 5.96. The molecular weight excluding hydrogens is 492 g/mol. The van der Waals surface area contributed by atoms with Crippen molar-refractivity contribution in [3.05, 3.63) is 44.4 Å². The van der Waals surface area contributed by atoms with Crippen LogP contribution in [0.3, 0.4) is 0 Å². The first-order valence-electron chi connectivity index (χ1n) is 13.0. The minimum atomic E-state index is -0.494. The molecule has 0 bridgehead atoms. The molecule has 37 heavy (non-hydrogen) atoms. The molecule has 1 aromatic carbocycles. The van der Waals surface area contributed by atoms with Crippen molar-refractivity contribution in [2.24, 2.45) is 28.3 Å². The first-order chi connectivity index (χ1) is 17.7. The molecule has 2 fully saturated rings. The third-order valence-corrected chi connectivity index (χ3v) is 9.77. The molecule has 0 saturated heterocycles. The molecule has 0 aliphatic heterocycles. The van der Waals surface area contributed by atoms with E-state index in [4.69, 9.17) is 4.84 Å². The molecular formula is C27H34N4O5S. The quantitative estimate of drug-likeness (QED) is 0.339. The van der Waals surface area contributed by atoms with Gasteiger partial charge in [0, 0.05) is 29.0 Å². The summed E-state index contributed by atoms with van der Waals surface area (Å²) in [5.74, 6) is 1.07. The summed E-state index contributed by atoms with van der Waals surface area (Å²) in [5.41, 5.74) is 2.87. The van der Waals surface area contributed by atoms with E-state index in [1.54, 1.807) is 25.4 Å². The first kappa shape index (κ1) is 25.6. The number of fused-ring (bicyclic) bond motifs is 5. The number of thiazole rings is 1. The highest BCUT2D eigenvalue weighted by atomic mass is 32.1. The van der Waals surface area contributed by atoms with Gasteiger partial charge in [-0.2, -0.15) is 0 Å². The fraction of sp³-hybridized carbons (Fsp3) is 0.593. The Hall–Kier alpha value is -3.01. The smallest absolute Gasteiger partial charge is 0.310 e. The van der Waals surface area contributed by atoms with Crippen molar-refractivity contribution < 1.29 is 19.7 Å². The summed E-state index contributed by atoms with van der Waals surface area (Å²) in [6, 6.07) is 3.22. The highest BCUT2D eigenvalue weighted by Crippen LogP contribution is 2.63. The minimum Gasteiger partial charge on any atom is -0.502 e. The fourth-order valence-corrected chi connectivity index (χ4v) is 8.14. The van der Waals surface area contributed by atoms with Crippen LogP contribution in [0.2, 0.25) is 0 Å². The topological polar surface area (TPSA) is 127 Å². The second-order valence-corrected chi connectivity index (χ2v) is 12.2. The van der Waals surface area contributed by atoms with E-state index in [1.807, 2.05) is 6.92 Å². The molecule has 3 aliphatic carbocycles. The number of benzene rings is 1. The van der Waals surface area contributed by atoms with Gasteiger partial charge in [-0.15, -0.1) is 11.3 Å². The number of phenolic OH excluding ortho intramolecular Hbond substituents is 1. The number of carbonyl (C=O) groups excluding carboxylic acids is 1. The van der Waals surface area contributed by atoms with Crippen molar-refractivity contribution in [2.45, 2.75) is 71.1 Å². The third kappa shape index (κ3) is 4.71. The maximum atomic E-state index is 12.5. The van der Waals surface area contributed by atoms with Crippen molar-refractivity contribution in [1.29, 1.82) is 0 Å². The molecule has 3 unspecified atom stereocenters. The van der Waals surface area contributed by atoms with Gasteiger partial charge in [0.2, 0.25) is 5.91 Å². The number of aromatic hydroxyl groups is 1. The number of aryl methyl sites for hydroxylation is 2. The minimum absolute atomic E-state index is 0.0128. The van der Waals surface area contributed by atoms with Gasteiger partial charge in [-0.1, -0.05) is 12.1 Å². The Labute approximate surface area is 220 Å². The summed E-state index contributed by atoms with van der Waals surface area (Å²) in [6.45, 7) is 4.27. The zero-order valence-corrected chi connectivity index (χ0v) is 22.3. The number of hydrogen-bond acceptors (Lipinski definition) is 8. The Morgan fingerprint density at radius 2 is 2.22 bits per heavy atom. The van der Waals surface area contributed by atoms with Gasteiger partial charge in [-0.05, 0) is 92.7 Å². The number of amides is 1. The Bertz CT molecular complexity index is 1240. The SMILES string of the molecule is CO/N=C1\C[C@@H](CCCC(=O)Nc2ncc(C)s2)C2C3CCc4cc(O)c([N+](=O)[O-])cc4C3CC[C@]12C. The van der Waals surface area contributed by atoms with Gasteiger partial charge >= 0.3 is 5.69 Å². The normalized spacial score (nSPS) is 29.3. The predicted molar refractivity (Wildman–Crippen MR) is 142 cm³/mol. The Morgan fingerprint density at radius 1 is 1.41 bits per heavy atom. The maximum absolute atomic E-state index is 12.5. The number of rotatable bonds is 7. The lowest BCUT2D eigenvalue weighted by molar-refractivity contribution is -0.386. The van der Waals surface area contributed by atoms with Crippen LogP contribution in [0.5, 0.6) is 5.75 Å². The molecule has 1 heterocycles. The summed E-state index contributed by atoms with van der Waals surface area (Å²) in [4.78, 5) is 34.1. The van der Waals surface area contributed by atoms with E-state index in [-0.39, 0.29) is 28.7 Å². The van der Waals surface area contributed by atoms with Gasteiger partial charge in [0.05, 0.1) is 10.6 Å². The summed E-state index contributed by atoms with van der Waals surface area (Å²) in [7, 11) is 1.59. The van der Waals surface area contributed by atoms with Crippen LogP contribution < -0.4 is 5.32 Å². The van der Waals surface area contributed by atoms with Gasteiger partial charge in [-0.25, -0.2) is 4.98 Å². The molecule has 10 heteroatoms. The Balaban J connectivity index is 1.35. The van der Waals surface area contributed by atoms with Crippen molar-refractivity contribution in [3.63, 3.8) is 0 Å². The number of nitro groups is 1. The van der Waals surface area contributed by atoms with Crippen molar-refractivity contribution in [3.8, 4) is 5.75 Å². The van der Waals surface area contributed by atoms with Gasteiger partial charge in [0.15, 0.2) is 10.9 Å². The second kappa shape index (κ2) is 10.0. The molecule has 9 nitrogen and oxygen atoms in total. The van der Waals surface area contributed by atoms with E-state index < -0.39 is 4.92 Å². The molecule has 1 amide bonds. The first-order valence-corrected chi connectivity index (χ1v) is 13.9. The number of nitrogens with one attached hydrogen (secondary N) is 1. The number of nitro benzene ring substituents is 1. The van der Waals surface area contributed by atoms with E-state index in [0.717, 1.165) is 66.7 Å². The van der Waals surface area contributed by atoms with Crippen LogP contribution in [0.4, 0.5) is 10.8 Å². The zero-order valence-electron chi connectivity index (χ0n) is 21.5. The molecule has 2 aromatic rings. The van der Waals surface area contributed by atoms with Crippen LogP contribution in [0.25, 0.3) is 0 Å². The highest BCUT2D eigenvalue weighted by Gasteiger charge is 2.57. The van der Waals surface area contributed by atoms with Gasteiger partial charge in [-0.3, -0.25) is 14.9 Å². The van der Waals surface area contributed by atoms with Crippen LogP contribution >= 0.6 is 11.3 Å². The average molecular weight is 527 g/mol. The number of carbonyl (C=O) groups is 1. The molecule has 0 spiro atoms. The lowest BCUT2D eigenvalue weighted by Gasteiger charge is -2.50. The lowest BCUT2D eigenvalue weighted by Crippen LogP contribution is -2.44. The number of anilines is 1. The molecule has 2 saturated carbocycles. The van der Waals surface area contributed by atoms with E-state index in [0.29, 0.717) is 29.3 Å². The average Bonchev–Trinajstić information content (AvgIpc) is 3.38. The maximum Gasteiger partial charge on any atom is 0.310 e. The largest absolute Gasteiger partial charge is 0.502 e. The Kier molecular flexibility index (Phi) is 6.95. The van der Waals surface area contributed by atoms with Gasteiger partial charge in [0.25, 0.3) is 0 Å². The summed E-state index contributed by atoms with van der Waals surface area (Å²) >= 11 is 1.47. The summed E-state index contributed by atoms with van der Waals surface area (Å²) in [6.07, 6.45) is 8.40. The van der Waals surface area contributed by atoms with Crippen molar-refractivity contribution in [2.75, 3.05) is 12.4 Å². The number of aromatic nitrogens is 1. The molecule has 5 rings (SSSR count). The highest BCUT2D eigenvalue weighted by molar-refractivity contribution is 7.15. The summed E-state index contributed by atoms with van der Waals surface area (Å²) in [5, 5.41) is 29.7. The molecule has 0 radical (unpaired) electrons. The molecule has 198 valence electrons. The number of hydrogen-bond donors (Lipinski definition) is 2. The van der Waals surface area contributed by atoms with Crippen LogP contribution in [0.1, 0.15) is 73.8 Å². The second-order valence-electron chi connectivity index (χ2n) is 11.0. The third-order valence-electron chi connectivity index (χ3n) is 8.94. The Morgan fingerprint density at radius 3 is 2.92 bits per heavy atom. The van der Waals surface area contributed by atoms with E-state index in [1.165, 1.54) is 11.3 Å². The fourth-order valence-electron chi connectivity index (χ4n) is 7.46. The molecule has 3 aliphatic rings. The van der Waals surface area contributed by atoms with Crippen LogP contribution in [-0.4, -0.2) is 33.7 Å². The monoisotopic (exact) mass is 526 g/mol. The molecule has 1 aromatic heterocycles. The van der Waals surface area contributed by atoms with Crippen molar-refractivity contribution >= 4 is 33.8 Å². The lowest BCUT2D eigenvalue weighted by atomic mass is 9.54. The van der Waals surface area contributed by atoms with Crippen molar-refractivity contribution in [1.82, 2.24) is 4.98 Å². The van der Waals surface area contributed by atoms with Crippen LogP contribution in [-0.2, 0) is 16.1 Å². The van der Waals surface area contributed by atoms with Gasteiger partial charge < -0.3 is 15.3 Å². The van der Waals surface area contributed by atoms with E-state index in [2.05, 4.69) is 22.4 Å². The van der Waals surface area contributed by atoms with Gasteiger partial charge in [0.1, 0.15) is 7.11 Å². The molecule has 5 atom stereocenters. The number of oxime groups is 1. The van der Waals surface area contributed by atoms with Crippen LogP contribution in [0.15, 0.2) is 23.5 Å². The number of phenols is 1. The van der Waals surface area contributed by atoms with Crippen LogP contribution in [0, 0.1) is 40.2 Å². The zero-order chi connectivity index (χ0) is 26.3. The summed E-state index contributed by atoms with van der Waals surface area (Å²) < 4.78 is 0. The standard InChI is InChI=1S/C27H34N4O5S/c1-15-14-28-26(37-15)29-24(33)6-4-5-17-12-23(30-36-3)27(2)10-9-18-19(25(17)27)8-7-16-11-22(32)21(31(34)35)13-20(16)18/h11,13-14,17-19,25,32H,4-10,12H2,1-3H3,(H,28,29,33)/b30-23+/t17-,18?,19?,25?,27-/m1/s1. The number of nitrogens with zero attached hydrogens (tertiary/aromatic N) is 3. The van der Waals surface area contributed by atoms with E-state index >= 15 is 0 Å². The molecule has 2 N–H and O–H groups in total. The van der Waals surface area contributed by atoms with E-state index in [9.17, 15) is 20.0 Å².